The van der Waals surface area contributed by atoms with E-state index >= 15 is 0 Å². The molecule has 0 spiro atoms. The van der Waals surface area contributed by atoms with Crippen LogP contribution in [0.4, 0.5) is 10.5 Å². The number of amides is 4. The fraction of sp³-hybridized carbons (Fsp3) is 0.0800. The molecule has 0 aromatic heterocycles. The summed E-state index contributed by atoms with van der Waals surface area (Å²) in [4.78, 5) is 38.8. The summed E-state index contributed by atoms with van der Waals surface area (Å²) in [5.74, 6) is -1.01. The van der Waals surface area contributed by atoms with Crippen LogP contribution in [0.5, 0.6) is 5.75 Å². The second kappa shape index (κ2) is 9.08. The van der Waals surface area contributed by atoms with Crippen molar-refractivity contribution in [1.29, 1.82) is 0 Å². The molecular formula is C25H19ClN2O4. The molecule has 4 amide bonds. The summed E-state index contributed by atoms with van der Waals surface area (Å²) in [7, 11) is 0. The van der Waals surface area contributed by atoms with Gasteiger partial charge in [0, 0.05) is 10.6 Å². The van der Waals surface area contributed by atoms with Crippen molar-refractivity contribution in [2.24, 2.45) is 0 Å². The molecule has 0 saturated carbocycles. The SMILES string of the molecule is Cc1cccc(COc2ccccc2/C=C2\C(=O)NC(=O)N(c3cccc(Cl)c3)C2=O)c1. The number of hydrogen-bond donors (Lipinski definition) is 1. The van der Waals surface area contributed by atoms with Gasteiger partial charge in [-0.25, -0.2) is 9.69 Å². The average molecular weight is 447 g/mol. The summed E-state index contributed by atoms with van der Waals surface area (Å²) in [5.41, 5.74) is 2.74. The number of nitrogens with one attached hydrogen (secondary N) is 1. The van der Waals surface area contributed by atoms with Gasteiger partial charge in [-0.1, -0.05) is 65.7 Å². The Morgan fingerprint density at radius 3 is 2.53 bits per heavy atom. The maximum Gasteiger partial charge on any atom is 0.335 e. The third-order valence-corrected chi connectivity index (χ3v) is 5.10. The maximum absolute atomic E-state index is 13.1. The number of carbonyl (C=O) groups is 3. The lowest BCUT2D eigenvalue weighted by atomic mass is 10.1. The van der Waals surface area contributed by atoms with Crippen molar-refractivity contribution in [3.63, 3.8) is 0 Å². The molecule has 0 atom stereocenters. The normalized spacial score (nSPS) is 15.1. The first-order valence-corrected chi connectivity index (χ1v) is 10.2. The highest BCUT2D eigenvalue weighted by molar-refractivity contribution is 6.39. The lowest BCUT2D eigenvalue weighted by molar-refractivity contribution is -0.122. The minimum Gasteiger partial charge on any atom is -0.488 e. The van der Waals surface area contributed by atoms with Crippen LogP contribution >= 0.6 is 11.6 Å². The van der Waals surface area contributed by atoms with E-state index in [0.717, 1.165) is 16.0 Å². The van der Waals surface area contributed by atoms with E-state index in [1.807, 2.05) is 31.2 Å². The molecule has 1 aliphatic heterocycles. The van der Waals surface area contributed by atoms with Crippen molar-refractivity contribution in [3.05, 3.63) is 100 Å². The number of rotatable bonds is 5. The molecule has 3 aromatic carbocycles. The molecular weight excluding hydrogens is 428 g/mol. The molecule has 160 valence electrons. The first kappa shape index (κ1) is 21.3. The van der Waals surface area contributed by atoms with Crippen molar-refractivity contribution in [3.8, 4) is 5.75 Å². The maximum atomic E-state index is 13.1. The number of hydrogen-bond acceptors (Lipinski definition) is 4. The third-order valence-electron chi connectivity index (χ3n) is 4.86. The van der Waals surface area contributed by atoms with Gasteiger partial charge < -0.3 is 4.74 Å². The molecule has 0 radical (unpaired) electrons. The van der Waals surface area contributed by atoms with Gasteiger partial charge in [-0.2, -0.15) is 0 Å². The van der Waals surface area contributed by atoms with Crippen molar-refractivity contribution in [1.82, 2.24) is 5.32 Å². The molecule has 3 aromatic rings. The predicted molar refractivity (Wildman–Crippen MR) is 122 cm³/mol. The summed E-state index contributed by atoms with van der Waals surface area (Å²) >= 11 is 6.00. The molecule has 7 heteroatoms. The fourth-order valence-electron chi connectivity index (χ4n) is 3.36. The molecule has 1 saturated heterocycles. The quantitative estimate of drug-likeness (QED) is 0.447. The Hall–Kier alpha value is -3.90. The Balaban J connectivity index is 1.64. The number of benzene rings is 3. The molecule has 0 unspecified atom stereocenters. The lowest BCUT2D eigenvalue weighted by Gasteiger charge is -2.26. The van der Waals surface area contributed by atoms with E-state index in [2.05, 4.69) is 5.32 Å². The van der Waals surface area contributed by atoms with Gasteiger partial charge in [0.2, 0.25) is 0 Å². The highest BCUT2D eigenvalue weighted by Crippen LogP contribution is 2.27. The highest BCUT2D eigenvalue weighted by Gasteiger charge is 2.37. The van der Waals surface area contributed by atoms with Crippen molar-refractivity contribution in [2.75, 3.05) is 4.90 Å². The smallest absolute Gasteiger partial charge is 0.335 e. The zero-order valence-corrected chi connectivity index (χ0v) is 17.9. The molecule has 1 aliphatic rings. The van der Waals surface area contributed by atoms with Crippen LogP contribution in [0.3, 0.4) is 0 Å². The molecule has 6 nitrogen and oxygen atoms in total. The van der Waals surface area contributed by atoms with Gasteiger partial charge in [0.15, 0.2) is 0 Å². The summed E-state index contributed by atoms with van der Waals surface area (Å²) in [6, 6.07) is 20.5. The number of anilines is 1. The number of ether oxygens (including phenoxy) is 1. The molecule has 32 heavy (non-hydrogen) atoms. The molecule has 4 rings (SSSR count). The van der Waals surface area contributed by atoms with Crippen molar-refractivity contribution >= 4 is 41.2 Å². The molecule has 1 fully saturated rings. The molecule has 1 N–H and O–H groups in total. The largest absolute Gasteiger partial charge is 0.488 e. The Morgan fingerprint density at radius 2 is 1.75 bits per heavy atom. The highest BCUT2D eigenvalue weighted by atomic mass is 35.5. The van der Waals surface area contributed by atoms with Crippen LogP contribution in [0.15, 0.2) is 78.4 Å². The van der Waals surface area contributed by atoms with Gasteiger partial charge in [0.1, 0.15) is 17.9 Å². The van der Waals surface area contributed by atoms with E-state index in [0.29, 0.717) is 22.9 Å². The number of nitrogens with zero attached hydrogens (tertiary/aromatic N) is 1. The first-order chi connectivity index (χ1) is 15.4. The Labute approximate surface area is 190 Å². The van der Waals surface area contributed by atoms with Gasteiger partial charge in [-0.3, -0.25) is 14.9 Å². The number of aryl methyl sites for hydroxylation is 1. The summed E-state index contributed by atoms with van der Waals surface area (Å²) in [5, 5.41) is 2.57. The fourth-order valence-corrected chi connectivity index (χ4v) is 3.54. The second-order valence-corrected chi connectivity index (χ2v) is 7.69. The number of carbonyl (C=O) groups excluding carboxylic acids is 3. The van der Waals surface area contributed by atoms with Gasteiger partial charge in [0.25, 0.3) is 11.8 Å². The van der Waals surface area contributed by atoms with Crippen LogP contribution < -0.4 is 15.0 Å². The zero-order chi connectivity index (χ0) is 22.7. The Morgan fingerprint density at radius 1 is 0.969 bits per heavy atom. The first-order valence-electron chi connectivity index (χ1n) is 9.87. The van der Waals surface area contributed by atoms with Gasteiger partial charge in [-0.15, -0.1) is 0 Å². The number of barbiturate groups is 1. The third kappa shape index (κ3) is 4.55. The van der Waals surface area contributed by atoms with E-state index < -0.39 is 17.8 Å². The number of imide groups is 2. The van der Waals surface area contributed by atoms with E-state index in [-0.39, 0.29) is 11.3 Å². The van der Waals surface area contributed by atoms with Gasteiger partial charge >= 0.3 is 6.03 Å². The second-order valence-electron chi connectivity index (χ2n) is 7.25. The van der Waals surface area contributed by atoms with Crippen LogP contribution in [-0.4, -0.2) is 17.8 Å². The number of para-hydroxylation sites is 1. The summed E-state index contributed by atoms with van der Waals surface area (Å²) < 4.78 is 5.95. The Kier molecular flexibility index (Phi) is 6.05. The zero-order valence-electron chi connectivity index (χ0n) is 17.2. The number of halogens is 1. The van der Waals surface area contributed by atoms with Crippen molar-refractivity contribution < 1.29 is 19.1 Å². The Bertz CT molecular complexity index is 1250. The topological polar surface area (TPSA) is 75.7 Å². The molecule has 0 aliphatic carbocycles. The monoisotopic (exact) mass is 446 g/mol. The minimum atomic E-state index is -0.830. The van der Waals surface area contributed by atoms with E-state index in [4.69, 9.17) is 16.3 Å². The van der Waals surface area contributed by atoms with Crippen LogP contribution in [0.1, 0.15) is 16.7 Å². The van der Waals surface area contributed by atoms with Crippen molar-refractivity contribution in [2.45, 2.75) is 13.5 Å². The van der Waals surface area contributed by atoms with Crippen LogP contribution in [0.2, 0.25) is 5.02 Å². The average Bonchev–Trinajstić information content (AvgIpc) is 2.76. The summed E-state index contributed by atoms with van der Waals surface area (Å²) in [6.45, 7) is 2.33. The standard InChI is InChI=1S/C25H19ClN2O4/c1-16-6-4-7-17(12-16)15-32-22-11-3-2-8-18(22)13-21-23(29)27-25(31)28(24(21)30)20-10-5-9-19(26)14-20/h2-14H,15H2,1H3,(H,27,29,31)/b21-13+. The number of urea groups is 1. The summed E-state index contributed by atoms with van der Waals surface area (Å²) in [6.07, 6.45) is 1.42. The van der Waals surface area contributed by atoms with Gasteiger partial charge in [0.05, 0.1) is 5.69 Å². The van der Waals surface area contributed by atoms with E-state index in [9.17, 15) is 14.4 Å². The van der Waals surface area contributed by atoms with E-state index in [1.165, 1.54) is 12.1 Å². The molecule has 1 heterocycles. The predicted octanol–water partition coefficient (Wildman–Crippen LogP) is 4.89. The van der Waals surface area contributed by atoms with E-state index in [1.54, 1.807) is 42.5 Å². The molecule has 0 bridgehead atoms. The van der Waals surface area contributed by atoms with Crippen LogP contribution in [0, 0.1) is 6.92 Å². The van der Waals surface area contributed by atoms with Crippen LogP contribution in [0.25, 0.3) is 6.08 Å². The lowest BCUT2D eigenvalue weighted by Crippen LogP contribution is -2.54. The van der Waals surface area contributed by atoms with Crippen LogP contribution in [-0.2, 0) is 16.2 Å². The minimum absolute atomic E-state index is 0.184. The van der Waals surface area contributed by atoms with Gasteiger partial charge in [-0.05, 0) is 42.8 Å².